The van der Waals surface area contributed by atoms with Crippen LogP contribution >= 0.6 is 22.9 Å². The van der Waals surface area contributed by atoms with Crippen molar-refractivity contribution in [3.63, 3.8) is 0 Å². The molecular weight excluding hydrogens is 293 g/mol. The van der Waals surface area contributed by atoms with Crippen LogP contribution in [0.15, 0.2) is 24.3 Å². The van der Waals surface area contributed by atoms with Crippen molar-refractivity contribution in [3.8, 4) is 0 Å². The third kappa shape index (κ3) is 3.40. The Morgan fingerprint density at radius 3 is 2.65 bits per heavy atom. The molecule has 4 heteroatoms. The highest BCUT2D eigenvalue weighted by atomic mass is 35.5. The quantitative estimate of drug-likeness (QED) is 0.795. The smallest absolute Gasteiger partial charge is 0.123 e. The Bertz CT molecular complexity index is 575. The summed E-state index contributed by atoms with van der Waals surface area (Å²) in [5.41, 5.74) is 2.07. The van der Waals surface area contributed by atoms with E-state index in [1.807, 2.05) is 0 Å². The zero-order valence-electron chi connectivity index (χ0n) is 12.0. The zero-order chi connectivity index (χ0) is 14.7. The summed E-state index contributed by atoms with van der Waals surface area (Å²) in [5.74, 6) is -0.252. The van der Waals surface area contributed by atoms with Crippen LogP contribution in [0.5, 0.6) is 0 Å². The molecule has 108 valence electrons. The lowest BCUT2D eigenvalue weighted by Crippen LogP contribution is -2.22. The lowest BCUT2D eigenvalue weighted by Gasteiger charge is -2.19. The highest BCUT2D eigenvalue weighted by Crippen LogP contribution is 2.34. The Morgan fingerprint density at radius 2 is 2.05 bits per heavy atom. The van der Waals surface area contributed by atoms with Gasteiger partial charge in [0, 0.05) is 14.8 Å². The maximum absolute atomic E-state index is 13.5. The molecule has 2 aromatic rings. The molecule has 1 nitrogen and oxygen atoms in total. The van der Waals surface area contributed by atoms with Crippen molar-refractivity contribution < 1.29 is 4.39 Å². The molecule has 0 bridgehead atoms. The maximum Gasteiger partial charge on any atom is 0.123 e. The lowest BCUT2D eigenvalue weighted by atomic mass is 10.0. The second-order valence-corrected chi connectivity index (χ2v) is 6.64. The number of benzene rings is 1. The SMILES string of the molecule is CCCNC(c1cc(C)c(C)s1)c1cc(F)ccc1Cl. The van der Waals surface area contributed by atoms with Crippen LogP contribution in [-0.4, -0.2) is 6.54 Å². The third-order valence-electron chi connectivity index (χ3n) is 3.34. The van der Waals surface area contributed by atoms with Crippen LogP contribution in [0.4, 0.5) is 4.39 Å². The van der Waals surface area contributed by atoms with Crippen molar-refractivity contribution in [1.29, 1.82) is 0 Å². The van der Waals surface area contributed by atoms with E-state index in [9.17, 15) is 4.39 Å². The molecule has 20 heavy (non-hydrogen) atoms. The van der Waals surface area contributed by atoms with E-state index in [0.717, 1.165) is 18.5 Å². The third-order valence-corrected chi connectivity index (χ3v) is 4.90. The van der Waals surface area contributed by atoms with Crippen LogP contribution < -0.4 is 5.32 Å². The summed E-state index contributed by atoms with van der Waals surface area (Å²) in [7, 11) is 0. The highest BCUT2D eigenvalue weighted by Gasteiger charge is 2.19. The first kappa shape index (κ1) is 15.5. The van der Waals surface area contributed by atoms with E-state index in [1.54, 1.807) is 17.4 Å². The van der Waals surface area contributed by atoms with E-state index in [-0.39, 0.29) is 11.9 Å². The van der Waals surface area contributed by atoms with E-state index < -0.39 is 0 Å². The van der Waals surface area contributed by atoms with E-state index in [1.165, 1.54) is 27.5 Å². The summed E-state index contributed by atoms with van der Waals surface area (Å²) in [6.07, 6.45) is 1.02. The minimum atomic E-state index is -0.252. The standard InChI is InChI=1S/C16H19ClFNS/c1-4-7-19-16(15-8-10(2)11(3)20-15)13-9-12(18)5-6-14(13)17/h5-6,8-9,16,19H,4,7H2,1-3H3. The Kier molecular flexibility index (Phi) is 5.19. The first-order chi connectivity index (χ1) is 9.52. The van der Waals surface area contributed by atoms with Crippen LogP contribution in [0.3, 0.4) is 0 Å². The van der Waals surface area contributed by atoms with Gasteiger partial charge in [-0.1, -0.05) is 18.5 Å². The number of aryl methyl sites for hydroxylation is 2. The van der Waals surface area contributed by atoms with E-state index in [4.69, 9.17) is 11.6 Å². The minimum absolute atomic E-state index is 0.0458. The molecule has 2 rings (SSSR count). The van der Waals surface area contributed by atoms with Gasteiger partial charge in [-0.25, -0.2) is 4.39 Å². The molecule has 0 aliphatic carbocycles. The van der Waals surface area contributed by atoms with Gasteiger partial charge in [0.2, 0.25) is 0 Å². The molecule has 0 aliphatic rings. The van der Waals surface area contributed by atoms with Gasteiger partial charge in [0.15, 0.2) is 0 Å². The zero-order valence-corrected chi connectivity index (χ0v) is 13.5. The second kappa shape index (κ2) is 6.70. The fraction of sp³-hybridized carbons (Fsp3) is 0.375. The summed E-state index contributed by atoms with van der Waals surface area (Å²) in [5, 5.41) is 4.07. The summed E-state index contributed by atoms with van der Waals surface area (Å²) in [6, 6.07) is 6.66. The van der Waals surface area contributed by atoms with Gasteiger partial charge in [-0.3, -0.25) is 0 Å². The molecule has 1 heterocycles. The van der Waals surface area contributed by atoms with E-state index in [0.29, 0.717) is 5.02 Å². The highest BCUT2D eigenvalue weighted by molar-refractivity contribution is 7.12. The van der Waals surface area contributed by atoms with Crippen LogP contribution in [0.25, 0.3) is 0 Å². The molecule has 1 N–H and O–H groups in total. The molecule has 1 atom stereocenters. The van der Waals surface area contributed by atoms with Gasteiger partial charge in [-0.2, -0.15) is 0 Å². The van der Waals surface area contributed by atoms with Gasteiger partial charge in [0.25, 0.3) is 0 Å². The molecular formula is C16H19ClFNS. The van der Waals surface area contributed by atoms with Crippen LogP contribution in [0.1, 0.15) is 40.3 Å². The number of rotatable bonds is 5. The Labute approximate surface area is 128 Å². The number of nitrogens with one attached hydrogen (secondary N) is 1. The van der Waals surface area contributed by atoms with Crippen LogP contribution in [0.2, 0.25) is 5.02 Å². The number of thiophene rings is 1. The van der Waals surface area contributed by atoms with Crippen molar-refractivity contribution in [1.82, 2.24) is 5.32 Å². The van der Waals surface area contributed by atoms with Gasteiger partial charge in [0.1, 0.15) is 5.82 Å². The first-order valence-electron chi connectivity index (χ1n) is 6.78. The van der Waals surface area contributed by atoms with E-state index in [2.05, 4.69) is 32.2 Å². The average molecular weight is 312 g/mol. The van der Waals surface area contributed by atoms with E-state index >= 15 is 0 Å². The van der Waals surface area contributed by atoms with Gasteiger partial charge in [-0.05, 0) is 62.2 Å². The first-order valence-corrected chi connectivity index (χ1v) is 7.97. The summed E-state index contributed by atoms with van der Waals surface area (Å²) >= 11 is 8.00. The van der Waals surface area contributed by atoms with Gasteiger partial charge >= 0.3 is 0 Å². The topological polar surface area (TPSA) is 12.0 Å². The predicted octanol–water partition coefficient (Wildman–Crippen LogP) is 5.25. The van der Waals surface area contributed by atoms with Crippen LogP contribution in [-0.2, 0) is 0 Å². The Hall–Kier alpha value is -0.900. The molecule has 1 aromatic carbocycles. The predicted molar refractivity (Wildman–Crippen MR) is 85.3 cm³/mol. The Morgan fingerprint density at radius 1 is 1.30 bits per heavy atom. The second-order valence-electron chi connectivity index (χ2n) is 4.94. The van der Waals surface area contributed by atoms with Crippen LogP contribution in [0, 0.1) is 19.7 Å². The summed E-state index contributed by atoms with van der Waals surface area (Å²) in [4.78, 5) is 2.47. The number of halogens is 2. The van der Waals surface area contributed by atoms with Crippen molar-refractivity contribution in [2.45, 2.75) is 33.2 Å². The summed E-state index contributed by atoms with van der Waals surface area (Å²) in [6.45, 7) is 7.18. The number of hydrogen-bond acceptors (Lipinski definition) is 2. The molecule has 0 aliphatic heterocycles. The van der Waals surface area contributed by atoms with Gasteiger partial charge in [-0.15, -0.1) is 11.3 Å². The maximum atomic E-state index is 13.5. The monoisotopic (exact) mass is 311 g/mol. The van der Waals surface area contributed by atoms with Crippen molar-refractivity contribution in [2.24, 2.45) is 0 Å². The molecule has 0 spiro atoms. The molecule has 1 unspecified atom stereocenters. The molecule has 0 amide bonds. The normalized spacial score (nSPS) is 12.7. The number of hydrogen-bond donors (Lipinski definition) is 1. The largest absolute Gasteiger partial charge is 0.306 e. The molecule has 0 fully saturated rings. The fourth-order valence-electron chi connectivity index (χ4n) is 2.13. The molecule has 0 saturated heterocycles. The fourth-order valence-corrected chi connectivity index (χ4v) is 3.50. The van der Waals surface area contributed by atoms with Crippen molar-refractivity contribution in [3.05, 3.63) is 56.0 Å². The lowest BCUT2D eigenvalue weighted by molar-refractivity contribution is 0.591. The molecule has 0 radical (unpaired) electrons. The van der Waals surface area contributed by atoms with Gasteiger partial charge in [0.05, 0.1) is 6.04 Å². The minimum Gasteiger partial charge on any atom is -0.306 e. The van der Waals surface area contributed by atoms with Crippen molar-refractivity contribution >= 4 is 22.9 Å². The van der Waals surface area contributed by atoms with Crippen molar-refractivity contribution in [2.75, 3.05) is 6.54 Å². The molecule has 1 aromatic heterocycles. The van der Waals surface area contributed by atoms with Gasteiger partial charge < -0.3 is 5.32 Å². The summed E-state index contributed by atoms with van der Waals surface area (Å²) < 4.78 is 13.5. The Balaban J connectivity index is 2.43. The average Bonchev–Trinajstić information content (AvgIpc) is 2.74. The molecule has 0 saturated carbocycles.